The van der Waals surface area contributed by atoms with E-state index < -0.39 is 18.5 Å². The van der Waals surface area contributed by atoms with Crippen LogP contribution in [0.5, 0.6) is 0 Å². The van der Waals surface area contributed by atoms with Gasteiger partial charge in [0.1, 0.15) is 0 Å². The monoisotopic (exact) mass is 304 g/mol. The first-order valence-electron chi connectivity index (χ1n) is 8.05. The maximum atomic E-state index is 10.1. The largest absolute Gasteiger partial charge is 0.392 e. The highest BCUT2D eigenvalue weighted by Crippen LogP contribution is 2.43. The van der Waals surface area contributed by atoms with Crippen LogP contribution in [0.3, 0.4) is 0 Å². The fourth-order valence-electron chi connectivity index (χ4n) is 3.64. The molecule has 2 aliphatic rings. The zero-order valence-electron chi connectivity index (χ0n) is 12.6. The lowest BCUT2D eigenvalue weighted by molar-refractivity contribution is -0.0949. The number of fused-ring (bicyclic) bond motifs is 1. The van der Waals surface area contributed by atoms with Gasteiger partial charge in [0.25, 0.3) is 0 Å². The lowest BCUT2D eigenvalue weighted by Gasteiger charge is -2.16. The molecule has 1 aliphatic carbocycles. The van der Waals surface area contributed by atoms with Gasteiger partial charge in [-0.3, -0.25) is 0 Å². The van der Waals surface area contributed by atoms with Crippen molar-refractivity contribution < 1.29 is 20.1 Å². The van der Waals surface area contributed by atoms with Crippen molar-refractivity contribution in [2.24, 2.45) is 11.8 Å². The minimum Gasteiger partial charge on any atom is -0.392 e. The van der Waals surface area contributed by atoms with Gasteiger partial charge in [-0.25, -0.2) is 0 Å². The average Bonchev–Trinajstić information content (AvgIpc) is 2.99. The van der Waals surface area contributed by atoms with Gasteiger partial charge in [-0.15, -0.1) is 0 Å². The molecule has 0 spiro atoms. The predicted octanol–water partition coefficient (Wildman–Crippen LogP) is 1.64. The molecule has 0 radical (unpaired) electrons. The fourth-order valence-corrected chi connectivity index (χ4v) is 3.64. The number of aryl methyl sites for hydroxylation is 1. The highest BCUT2D eigenvalue weighted by molar-refractivity contribution is 5.15. The van der Waals surface area contributed by atoms with Crippen LogP contribution < -0.4 is 0 Å². The molecule has 1 saturated heterocycles. The molecule has 2 unspecified atom stereocenters. The molecular weight excluding hydrogens is 280 g/mol. The minimum atomic E-state index is -0.707. The molecule has 2 fully saturated rings. The molecule has 1 aromatic rings. The van der Waals surface area contributed by atoms with Crippen LogP contribution >= 0.6 is 0 Å². The topological polar surface area (TPSA) is 69.9 Å². The standard InChI is InChI=1S/C18H24O4/c19-13(7-6-12-4-2-1-3-5-12)8-9-14-15-10-18(21)22-17(15)11-16(14)20/h1-5,8-9,13-21H,6-7,10-11H2/b9-8+/t13-,14+,15+,16?,17-,18?/m0/s1. The highest BCUT2D eigenvalue weighted by atomic mass is 16.6. The third-order valence-corrected chi connectivity index (χ3v) is 4.82. The number of aliphatic hydroxyl groups is 3. The van der Waals surface area contributed by atoms with E-state index in [1.165, 1.54) is 5.56 Å². The normalized spacial score (nSPS) is 35.9. The number of aliphatic hydroxyl groups excluding tert-OH is 3. The highest BCUT2D eigenvalue weighted by Gasteiger charge is 2.47. The zero-order valence-corrected chi connectivity index (χ0v) is 12.6. The van der Waals surface area contributed by atoms with E-state index in [2.05, 4.69) is 12.1 Å². The van der Waals surface area contributed by atoms with E-state index in [1.54, 1.807) is 6.08 Å². The van der Waals surface area contributed by atoms with Gasteiger partial charge in [-0.1, -0.05) is 42.5 Å². The lowest BCUT2D eigenvalue weighted by Crippen LogP contribution is -2.19. The summed E-state index contributed by atoms with van der Waals surface area (Å²) in [7, 11) is 0. The van der Waals surface area contributed by atoms with Crippen molar-refractivity contribution in [2.75, 3.05) is 0 Å². The van der Waals surface area contributed by atoms with E-state index in [0.29, 0.717) is 19.3 Å². The van der Waals surface area contributed by atoms with Gasteiger partial charge in [-0.05, 0) is 24.3 Å². The molecule has 1 aromatic carbocycles. The van der Waals surface area contributed by atoms with Gasteiger partial charge in [0, 0.05) is 18.8 Å². The van der Waals surface area contributed by atoms with Crippen molar-refractivity contribution in [1.82, 2.24) is 0 Å². The molecule has 1 aliphatic heterocycles. The summed E-state index contributed by atoms with van der Waals surface area (Å²) >= 11 is 0. The second kappa shape index (κ2) is 6.92. The Hall–Kier alpha value is -1.20. The molecule has 0 amide bonds. The molecule has 22 heavy (non-hydrogen) atoms. The van der Waals surface area contributed by atoms with E-state index >= 15 is 0 Å². The molecule has 3 N–H and O–H groups in total. The minimum absolute atomic E-state index is 0.0338. The summed E-state index contributed by atoms with van der Waals surface area (Å²) in [6, 6.07) is 10.1. The summed E-state index contributed by atoms with van der Waals surface area (Å²) in [4.78, 5) is 0. The summed E-state index contributed by atoms with van der Waals surface area (Å²) < 4.78 is 5.40. The van der Waals surface area contributed by atoms with E-state index in [-0.39, 0.29) is 17.9 Å². The molecule has 0 bridgehead atoms. The Morgan fingerprint density at radius 2 is 1.95 bits per heavy atom. The van der Waals surface area contributed by atoms with Crippen LogP contribution in [0, 0.1) is 11.8 Å². The Labute approximate surface area is 131 Å². The molecule has 6 atom stereocenters. The number of hydrogen-bond acceptors (Lipinski definition) is 4. The molecular formula is C18H24O4. The van der Waals surface area contributed by atoms with Crippen LogP contribution in [0.25, 0.3) is 0 Å². The summed E-state index contributed by atoms with van der Waals surface area (Å²) in [5.74, 6) is 0.121. The maximum absolute atomic E-state index is 10.1. The van der Waals surface area contributed by atoms with Crippen molar-refractivity contribution in [3.63, 3.8) is 0 Å². The summed E-state index contributed by atoms with van der Waals surface area (Å²) in [6.07, 6.45) is 4.59. The molecule has 4 heteroatoms. The second-order valence-corrected chi connectivity index (χ2v) is 6.39. The number of ether oxygens (including phenoxy) is 1. The van der Waals surface area contributed by atoms with Gasteiger partial charge in [-0.2, -0.15) is 0 Å². The summed E-state index contributed by atoms with van der Waals surface area (Å²) in [6.45, 7) is 0. The molecule has 120 valence electrons. The van der Waals surface area contributed by atoms with Crippen molar-refractivity contribution in [3.8, 4) is 0 Å². The van der Waals surface area contributed by atoms with Crippen LogP contribution in [0.15, 0.2) is 42.5 Å². The Balaban J connectivity index is 1.52. The third-order valence-electron chi connectivity index (χ3n) is 4.82. The Morgan fingerprint density at radius 3 is 2.73 bits per heavy atom. The van der Waals surface area contributed by atoms with Gasteiger partial charge in [0.15, 0.2) is 6.29 Å². The molecule has 1 saturated carbocycles. The van der Waals surface area contributed by atoms with Gasteiger partial charge in [0.2, 0.25) is 0 Å². The average molecular weight is 304 g/mol. The van der Waals surface area contributed by atoms with Gasteiger partial charge < -0.3 is 20.1 Å². The number of benzene rings is 1. The smallest absolute Gasteiger partial charge is 0.155 e. The third kappa shape index (κ3) is 3.58. The van der Waals surface area contributed by atoms with Crippen molar-refractivity contribution in [2.45, 2.75) is 50.3 Å². The molecule has 0 aromatic heterocycles. The van der Waals surface area contributed by atoms with Crippen LogP contribution in [0.1, 0.15) is 24.8 Å². The summed E-state index contributed by atoms with van der Waals surface area (Å²) in [5, 5.41) is 29.8. The van der Waals surface area contributed by atoms with Crippen LogP contribution in [0.4, 0.5) is 0 Å². The van der Waals surface area contributed by atoms with Crippen molar-refractivity contribution in [1.29, 1.82) is 0 Å². The van der Waals surface area contributed by atoms with E-state index in [0.717, 1.165) is 6.42 Å². The van der Waals surface area contributed by atoms with E-state index in [9.17, 15) is 15.3 Å². The SMILES string of the molecule is OC1C[C@H]2[C@H](CC(O)[C@@H]2/C=C/[C@@H](O)CCc2ccccc2)O1. The maximum Gasteiger partial charge on any atom is 0.155 e. The number of hydrogen-bond donors (Lipinski definition) is 3. The van der Waals surface area contributed by atoms with Crippen molar-refractivity contribution >= 4 is 0 Å². The molecule has 1 heterocycles. The molecule has 3 rings (SSSR count). The first kappa shape index (κ1) is 15.7. The quantitative estimate of drug-likeness (QED) is 0.723. The van der Waals surface area contributed by atoms with Crippen molar-refractivity contribution in [3.05, 3.63) is 48.0 Å². The van der Waals surface area contributed by atoms with Gasteiger partial charge in [0.05, 0.1) is 18.3 Å². The zero-order chi connectivity index (χ0) is 15.5. The first-order chi connectivity index (χ1) is 10.6. The Bertz CT molecular complexity index is 501. The van der Waals surface area contributed by atoms with E-state index in [1.807, 2.05) is 24.3 Å². The van der Waals surface area contributed by atoms with Crippen LogP contribution in [0.2, 0.25) is 0 Å². The van der Waals surface area contributed by atoms with E-state index in [4.69, 9.17) is 4.74 Å². The lowest BCUT2D eigenvalue weighted by atomic mass is 9.91. The van der Waals surface area contributed by atoms with Gasteiger partial charge >= 0.3 is 0 Å². The van der Waals surface area contributed by atoms with Crippen LogP contribution in [-0.4, -0.2) is 39.9 Å². The first-order valence-corrected chi connectivity index (χ1v) is 8.05. The van der Waals surface area contributed by atoms with Crippen LogP contribution in [-0.2, 0) is 11.2 Å². The summed E-state index contributed by atoms with van der Waals surface area (Å²) in [5.41, 5.74) is 1.21. The molecule has 4 nitrogen and oxygen atoms in total. The Kier molecular flexibility index (Phi) is 4.93. The predicted molar refractivity (Wildman–Crippen MR) is 83.0 cm³/mol. The Morgan fingerprint density at radius 1 is 1.18 bits per heavy atom. The fraction of sp³-hybridized carbons (Fsp3) is 0.556. The second-order valence-electron chi connectivity index (χ2n) is 6.39. The number of rotatable bonds is 5.